The lowest BCUT2D eigenvalue weighted by molar-refractivity contribution is -0.117. The van der Waals surface area contributed by atoms with Gasteiger partial charge in [0.25, 0.3) is 5.91 Å². The number of aryl methyl sites for hydroxylation is 1. The first-order valence-corrected chi connectivity index (χ1v) is 9.86. The van der Waals surface area contributed by atoms with Crippen molar-refractivity contribution in [1.82, 2.24) is 9.88 Å². The smallest absolute Gasteiger partial charge is 0.270 e. The fourth-order valence-electron chi connectivity index (χ4n) is 3.73. The van der Waals surface area contributed by atoms with Crippen LogP contribution < -0.4 is 10.2 Å². The summed E-state index contributed by atoms with van der Waals surface area (Å²) in [4.78, 5) is 27.1. The zero-order valence-corrected chi connectivity index (χ0v) is 16.9. The van der Waals surface area contributed by atoms with Crippen LogP contribution in [0.25, 0.3) is 10.9 Å². The van der Waals surface area contributed by atoms with Gasteiger partial charge in [0.2, 0.25) is 5.91 Å². The van der Waals surface area contributed by atoms with Crippen LogP contribution in [0.1, 0.15) is 28.9 Å². The topological polar surface area (TPSA) is 54.3 Å². The summed E-state index contributed by atoms with van der Waals surface area (Å²) >= 11 is 3.42. The number of benzene rings is 2. The number of hydrogen-bond acceptors (Lipinski definition) is 2. The predicted octanol–water partition coefficient (Wildman–Crippen LogP) is 4.14. The van der Waals surface area contributed by atoms with Gasteiger partial charge in [-0.1, -0.05) is 28.1 Å². The van der Waals surface area contributed by atoms with Crippen LogP contribution in [-0.4, -0.2) is 22.9 Å². The molecular weight excluding hydrogens is 425 g/mol. The molecular formula is C21H19BrFN3O2. The summed E-state index contributed by atoms with van der Waals surface area (Å²) in [5, 5.41) is 3.50. The number of nitrogens with one attached hydrogen (secondary N) is 1. The summed E-state index contributed by atoms with van der Waals surface area (Å²) in [6.45, 7) is 0.877. The molecule has 1 N–H and O–H groups in total. The Hall–Kier alpha value is -2.67. The first-order valence-electron chi connectivity index (χ1n) is 9.06. The van der Waals surface area contributed by atoms with Crippen molar-refractivity contribution in [3.8, 4) is 0 Å². The molecule has 28 heavy (non-hydrogen) atoms. The van der Waals surface area contributed by atoms with E-state index in [1.165, 1.54) is 12.1 Å². The summed E-state index contributed by atoms with van der Waals surface area (Å²) in [7, 11) is 1.76. The summed E-state index contributed by atoms with van der Waals surface area (Å²) in [6.07, 6.45) is 1.16. The summed E-state index contributed by atoms with van der Waals surface area (Å²) in [6, 6.07) is 12.1. The summed E-state index contributed by atoms with van der Waals surface area (Å²) in [5.74, 6) is -0.737. The van der Waals surface area contributed by atoms with E-state index < -0.39 is 5.82 Å². The molecule has 2 amide bonds. The number of carbonyl (C=O) groups is 2. The molecule has 1 aliphatic heterocycles. The number of aromatic nitrogens is 1. The Bertz CT molecular complexity index is 1090. The Morgan fingerprint density at radius 3 is 2.79 bits per heavy atom. The maximum Gasteiger partial charge on any atom is 0.270 e. The van der Waals surface area contributed by atoms with Crippen LogP contribution in [0.5, 0.6) is 0 Å². The van der Waals surface area contributed by atoms with Crippen molar-refractivity contribution in [3.63, 3.8) is 0 Å². The fraction of sp³-hybridized carbons (Fsp3) is 0.238. The minimum absolute atomic E-state index is 0.0437. The molecule has 1 saturated heterocycles. The van der Waals surface area contributed by atoms with Gasteiger partial charge in [-0.25, -0.2) is 4.39 Å². The second kappa shape index (κ2) is 7.39. The van der Waals surface area contributed by atoms with Gasteiger partial charge in [-0.3, -0.25) is 9.59 Å². The largest absolute Gasteiger partial charge is 0.347 e. The van der Waals surface area contributed by atoms with E-state index in [4.69, 9.17) is 0 Å². The van der Waals surface area contributed by atoms with Crippen LogP contribution in [0, 0.1) is 5.82 Å². The maximum atomic E-state index is 13.9. The lowest BCUT2D eigenvalue weighted by Gasteiger charge is -2.18. The Balaban J connectivity index is 1.75. The molecule has 5 nitrogen and oxygen atoms in total. The lowest BCUT2D eigenvalue weighted by atomic mass is 10.2. The van der Waals surface area contributed by atoms with Crippen molar-refractivity contribution >= 4 is 44.3 Å². The first kappa shape index (κ1) is 18.7. The van der Waals surface area contributed by atoms with Gasteiger partial charge >= 0.3 is 0 Å². The van der Waals surface area contributed by atoms with Gasteiger partial charge in [-0.05, 0) is 42.3 Å². The van der Waals surface area contributed by atoms with Gasteiger partial charge in [0.05, 0.1) is 11.2 Å². The number of hydrogen-bond donors (Lipinski definition) is 1. The molecule has 1 fully saturated rings. The van der Waals surface area contributed by atoms with Crippen molar-refractivity contribution in [1.29, 1.82) is 0 Å². The molecule has 0 aliphatic carbocycles. The van der Waals surface area contributed by atoms with Gasteiger partial charge in [-0.15, -0.1) is 0 Å². The molecule has 4 rings (SSSR count). The highest BCUT2D eigenvalue weighted by atomic mass is 79.9. The van der Waals surface area contributed by atoms with Crippen molar-refractivity contribution in [3.05, 3.63) is 64.0 Å². The summed E-state index contributed by atoms with van der Waals surface area (Å²) < 4.78 is 16.6. The van der Waals surface area contributed by atoms with Crippen LogP contribution in [0.3, 0.4) is 0 Å². The lowest BCUT2D eigenvalue weighted by Crippen LogP contribution is -2.30. The van der Waals surface area contributed by atoms with Crippen LogP contribution >= 0.6 is 15.9 Å². The second-order valence-corrected chi connectivity index (χ2v) is 7.79. The quantitative estimate of drug-likeness (QED) is 0.658. The normalized spacial score (nSPS) is 14.1. The highest BCUT2D eigenvalue weighted by Gasteiger charge is 2.31. The molecule has 7 heteroatoms. The van der Waals surface area contributed by atoms with Crippen LogP contribution in [-0.2, 0) is 18.4 Å². The number of halogens is 2. The number of amides is 2. The van der Waals surface area contributed by atoms with Gasteiger partial charge in [0, 0.05) is 36.4 Å². The standard InChI is InChI=1S/C21H19BrFN3O2/c1-25-17-8-7-15(23)11-16(17)19(26-9-3-6-18(26)27)20(25)21(28)24-12-13-4-2-5-14(22)10-13/h2,4-5,7-8,10-11H,3,6,9,12H2,1H3,(H,24,28). The predicted molar refractivity (Wildman–Crippen MR) is 110 cm³/mol. The monoisotopic (exact) mass is 443 g/mol. The Morgan fingerprint density at radius 2 is 2.07 bits per heavy atom. The van der Waals surface area contributed by atoms with E-state index in [2.05, 4.69) is 21.2 Å². The maximum absolute atomic E-state index is 13.9. The Kier molecular flexibility index (Phi) is 4.93. The molecule has 0 spiro atoms. The molecule has 1 aliphatic rings. The van der Waals surface area contributed by atoms with E-state index in [1.807, 2.05) is 24.3 Å². The highest BCUT2D eigenvalue weighted by molar-refractivity contribution is 9.10. The highest BCUT2D eigenvalue weighted by Crippen LogP contribution is 2.36. The number of carbonyl (C=O) groups excluding carboxylic acids is 2. The Labute approximate surface area is 170 Å². The third-order valence-corrected chi connectivity index (χ3v) is 5.53. The van der Waals surface area contributed by atoms with Crippen molar-refractivity contribution < 1.29 is 14.0 Å². The van der Waals surface area contributed by atoms with E-state index in [9.17, 15) is 14.0 Å². The minimum atomic E-state index is -0.396. The molecule has 0 atom stereocenters. The van der Waals surface area contributed by atoms with Crippen molar-refractivity contribution in [2.24, 2.45) is 7.05 Å². The van der Waals surface area contributed by atoms with E-state index in [0.717, 1.165) is 16.5 Å². The van der Waals surface area contributed by atoms with Gasteiger partial charge < -0.3 is 14.8 Å². The van der Waals surface area contributed by atoms with Crippen LogP contribution in [0.15, 0.2) is 46.9 Å². The molecule has 2 heterocycles. The third-order valence-electron chi connectivity index (χ3n) is 5.04. The third kappa shape index (κ3) is 3.30. The van der Waals surface area contributed by atoms with Crippen molar-refractivity contribution in [2.45, 2.75) is 19.4 Å². The summed E-state index contributed by atoms with van der Waals surface area (Å²) in [5.41, 5.74) is 2.52. The van der Waals surface area contributed by atoms with Crippen LogP contribution in [0.2, 0.25) is 0 Å². The van der Waals surface area contributed by atoms with Crippen LogP contribution in [0.4, 0.5) is 10.1 Å². The molecule has 0 radical (unpaired) electrons. The number of rotatable bonds is 4. The average Bonchev–Trinajstić information content (AvgIpc) is 3.20. The molecule has 2 aromatic carbocycles. The number of anilines is 1. The Morgan fingerprint density at radius 1 is 1.25 bits per heavy atom. The second-order valence-electron chi connectivity index (χ2n) is 6.88. The van der Waals surface area contributed by atoms with Crippen molar-refractivity contribution in [2.75, 3.05) is 11.4 Å². The SMILES string of the molecule is Cn1c(C(=O)NCc2cccc(Br)c2)c(N2CCCC2=O)c2cc(F)ccc21. The number of fused-ring (bicyclic) bond motifs is 1. The van der Waals surface area contributed by atoms with E-state index in [1.54, 1.807) is 22.6 Å². The zero-order valence-electron chi connectivity index (χ0n) is 15.3. The molecule has 0 bridgehead atoms. The molecule has 144 valence electrons. The number of nitrogens with zero attached hydrogens (tertiary/aromatic N) is 2. The van der Waals surface area contributed by atoms with Gasteiger partial charge in [0.15, 0.2) is 0 Å². The minimum Gasteiger partial charge on any atom is -0.347 e. The van der Waals surface area contributed by atoms with Gasteiger partial charge in [-0.2, -0.15) is 0 Å². The zero-order chi connectivity index (χ0) is 19.8. The molecule has 3 aromatic rings. The van der Waals surface area contributed by atoms with Gasteiger partial charge in [0.1, 0.15) is 11.5 Å². The van der Waals surface area contributed by atoms with E-state index >= 15 is 0 Å². The van der Waals surface area contributed by atoms with E-state index in [0.29, 0.717) is 41.8 Å². The molecule has 1 aromatic heterocycles. The fourth-order valence-corrected chi connectivity index (χ4v) is 4.17. The van der Waals surface area contributed by atoms with E-state index in [-0.39, 0.29) is 11.8 Å². The molecule has 0 saturated carbocycles. The first-order chi connectivity index (χ1) is 13.5. The average molecular weight is 444 g/mol. The molecule has 0 unspecified atom stereocenters.